The van der Waals surface area contributed by atoms with Crippen molar-refractivity contribution in [1.82, 2.24) is 5.43 Å². The predicted molar refractivity (Wildman–Crippen MR) is 84.2 cm³/mol. The molecule has 0 aliphatic carbocycles. The monoisotopic (exact) mass is 338 g/mol. The maximum absolute atomic E-state index is 6.30. The van der Waals surface area contributed by atoms with Crippen molar-refractivity contribution < 1.29 is 0 Å². The zero-order chi connectivity index (χ0) is 14.0. The topological polar surface area (TPSA) is 38.0 Å². The zero-order valence-electron chi connectivity index (χ0n) is 10.9. The van der Waals surface area contributed by atoms with Gasteiger partial charge in [-0.25, -0.2) is 5.43 Å². The highest BCUT2D eigenvalue weighted by Crippen LogP contribution is 2.32. The van der Waals surface area contributed by atoms with Crippen LogP contribution in [0.3, 0.4) is 0 Å². The van der Waals surface area contributed by atoms with Crippen LogP contribution in [0.2, 0.25) is 5.02 Å². The number of halogens is 2. The third-order valence-corrected chi connectivity index (χ3v) is 4.23. The van der Waals surface area contributed by atoms with Gasteiger partial charge in [0.15, 0.2) is 0 Å². The molecule has 1 unspecified atom stereocenters. The van der Waals surface area contributed by atoms with Gasteiger partial charge in [0.2, 0.25) is 0 Å². The molecule has 0 bridgehead atoms. The van der Waals surface area contributed by atoms with E-state index in [2.05, 4.69) is 47.3 Å². The van der Waals surface area contributed by atoms with Crippen molar-refractivity contribution in [2.45, 2.75) is 19.9 Å². The summed E-state index contributed by atoms with van der Waals surface area (Å²) in [7, 11) is 0. The van der Waals surface area contributed by atoms with Crippen LogP contribution in [0.5, 0.6) is 0 Å². The molecule has 1 atom stereocenters. The maximum atomic E-state index is 6.30. The van der Waals surface area contributed by atoms with E-state index in [9.17, 15) is 0 Å². The van der Waals surface area contributed by atoms with Crippen molar-refractivity contribution in [2.75, 3.05) is 0 Å². The third-order valence-electron chi connectivity index (χ3n) is 3.39. The second kappa shape index (κ2) is 6.06. The summed E-state index contributed by atoms with van der Waals surface area (Å²) in [5, 5.41) is 0.701. The Morgan fingerprint density at radius 2 is 1.89 bits per heavy atom. The fourth-order valence-electron chi connectivity index (χ4n) is 2.17. The van der Waals surface area contributed by atoms with E-state index in [0.717, 1.165) is 15.6 Å². The average molecular weight is 340 g/mol. The van der Waals surface area contributed by atoms with Gasteiger partial charge in [-0.15, -0.1) is 0 Å². The number of hydrazine groups is 1. The molecule has 2 aromatic rings. The third kappa shape index (κ3) is 3.00. The highest BCUT2D eigenvalue weighted by molar-refractivity contribution is 9.10. The minimum Gasteiger partial charge on any atom is -0.271 e. The summed E-state index contributed by atoms with van der Waals surface area (Å²) in [6, 6.07) is 11.9. The van der Waals surface area contributed by atoms with Crippen molar-refractivity contribution in [3.05, 3.63) is 68.1 Å². The number of hydrogen-bond donors (Lipinski definition) is 2. The highest BCUT2D eigenvalue weighted by atomic mass is 79.9. The first-order valence-electron chi connectivity index (χ1n) is 6.01. The van der Waals surface area contributed by atoms with E-state index in [1.807, 2.05) is 24.3 Å². The molecule has 0 radical (unpaired) electrons. The molecule has 19 heavy (non-hydrogen) atoms. The molecular weight excluding hydrogens is 324 g/mol. The fraction of sp³-hybridized carbons (Fsp3) is 0.200. The number of rotatable bonds is 3. The molecule has 2 aromatic carbocycles. The van der Waals surface area contributed by atoms with E-state index < -0.39 is 0 Å². The first kappa shape index (κ1) is 14.5. The van der Waals surface area contributed by atoms with Crippen molar-refractivity contribution in [1.29, 1.82) is 0 Å². The van der Waals surface area contributed by atoms with Gasteiger partial charge < -0.3 is 0 Å². The first-order chi connectivity index (χ1) is 9.04. The Hall–Kier alpha value is -0.870. The van der Waals surface area contributed by atoms with Crippen LogP contribution >= 0.6 is 27.5 Å². The van der Waals surface area contributed by atoms with Crippen molar-refractivity contribution in [2.24, 2.45) is 5.84 Å². The molecule has 0 fully saturated rings. The Balaban J connectivity index is 2.56. The van der Waals surface area contributed by atoms with Gasteiger partial charge in [0.1, 0.15) is 0 Å². The molecule has 0 aromatic heterocycles. The molecule has 0 amide bonds. The van der Waals surface area contributed by atoms with Crippen molar-refractivity contribution >= 4 is 27.5 Å². The normalized spacial score (nSPS) is 12.5. The van der Waals surface area contributed by atoms with Crippen LogP contribution in [0.15, 0.2) is 40.9 Å². The van der Waals surface area contributed by atoms with Crippen LogP contribution in [0.1, 0.15) is 28.3 Å². The van der Waals surface area contributed by atoms with Crippen LogP contribution in [0.25, 0.3) is 0 Å². The summed E-state index contributed by atoms with van der Waals surface area (Å²) in [5.74, 6) is 5.75. The lowest BCUT2D eigenvalue weighted by Gasteiger charge is -2.21. The molecule has 2 nitrogen and oxygen atoms in total. The zero-order valence-corrected chi connectivity index (χ0v) is 13.2. The van der Waals surface area contributed by atoms with Gasteiger partial charge in [0.05, 0.1) is 6.04 Å². The summed E-state index contributed by atoms with van der Waals surface area (Å²) in [6.45, 7) is 4.19. The molecule has 3 N–H and O–H groups in total. The Labute approximate surface area is 127 Å². The van der Waals surface area contributed by atoms with E-state index in [-0.39, 0.29) is 6.04 Å². The number of aryl methyl sites for hydroxylation is 1. The predicted octanol–water partition coefficient (Wildman–Crippen LogP) is 4.27. The van der Waals surface area contributed by atoms with Crippen LogP contribution in [-0.4, -0.2) is 0 Å². The Kier molecular flexibility index (Phi) is 4.63. The quantitative estimate of drug-likeness (QED) is 0.647. The second-order valence-electron chi connectivity index (χ2n) is 4.55. The lowest BCUT2D eigenvalue weighted by atomic mass is 9.93. The SMILES string of the molecule is Cc1cccc(C(NN)c2cc(Br)ccc2Cl)c1C. The second-order valence-corrected chi connectivity index (χ2v) is 5.88. The van der Waals surface area contributed by atoms with Gasteiger partial charge in [-0.05, 0) is 54.3 Å². The number of nitrogens with one attached hydrogen (secondary N) is 1. The van der Waals surface area contributed by atoms with Gasteiger partial charge in [-0.3, -0.25) is 5.84 Å². The first-order valence-corrected chi connectivity index (χ1v) is 7.19. The smallest absolute Gasteiger partial charge is 0.0727 e. The number of nitrogens with two attached hydrogens (primary N) is 1. The molecule has 0 heterocycles. The highest BCUT2D eigenvalue weighted by Gasteiger charge is 2.18. The Bertz CT molecular complexity index is 597. The van der Waals surface area contributed by atoms with E-state index in [0.29, 0.717) is 5.02 Å². The largest absolute Gasteiger partial charge is 0.271 e. The van der Waals surface area contributed by atoms with E-state index >= 15 is 0 Å². The molecule has 4 heteroatoms. The molecule has 0 spiro atoms. The summed E-state index contributed by atoms with van der Waals surface area (Å²) in [5.41, 5.74) is 7.44. The van der Waals surface area contributed by atoms with Crippen LogP contribution in [0, 0.1) is 13.8 Å². The molecule has 0 aliphatic heterocycles. The Morgan fingerprint density at radius 3 is 2.58 bits per heavy atom. The fourth-order valence-corrected chi connectivity index (χ4v) is 2.77. The summed E-state index contributed by atoms with van der Waals surface area (Å²) in [6.07, 6.45) is 0. The van der Waals surface area contributed by atoms with E-state index in [1.165, 1.54) is 11.1 Å². The summed E-state index contributed by atoms with van der Waals surface area (Å²) >= 11 is 9.77. The molecule has 100 valence electrons. The molecule has 2 rings (SSSR count). The maximum Gasteiger partial charge on any atom is 0.0727 e. The van der Waals surface area contributed by atoms with Crippen LogP contribution in [-0.2, 0) is 0 Å². The molecule has 0 aliphatic rings. The van der Waals surface area contributed by atoms with Crippen molar-refractivity contribution in [3.8, 4) is 0 Å². The van der Waals surface area contributed by atoms with Gasteiger partial charge in [-0.1, -0.05) is 45.7 Å². The molecular formula is C15H16BrClN2. The average Bonchev–Trinajstić information content (AvgIpc) is 2.39. The van der Waals surface area contributed by atoms with Crippen LogP contribution in [0.4, 0.5) is 0 Å². The molecule has 0 saturated carbocycles. The number of benzene rings is 2. The lowest BCUT2D eigenvalue weighted by molar-refractivity contribution is 0.633. The van der Waals surface area contributed by atoms with E-state index in [4.69, 9.17) is 17.4 Å². The Morgan fingerprint density at radius 1 is 1.16 bits per heavy atom. The van der Waals surface area contributed by atoms with Gasteiger partial charge in [-0.2, -0.15) is 0 Å². The van der Waals surface area contributed by atoms with Gasteiger partial charge >= 0.3 is 0 Å². The number of hydrogen-bond acceptors (Lipinski definition) is 2. The lowest BCUT2D eigenvalue weighted by Crippen LogP contribution is -2.29. The minimum absolute atomic E-state index is 0.120. The minimum atomic E-state index is -0.120. The van der Waals surface area contributed by atoms with Gasteiger partial charge in [0, 0.05) is 9.50 Å². The molecule has 0 saturated heterocycles. The van der Waals surface area contributed by atoms with E-state index in [1.54, 1.807) is 0 Å². The van der Waals surface area contributed by atoms with Crippen LogP contribution < -0.4 is 11.3 Å². The summed E-state index contributed by atoms with van der Waals surface area (Å²) < 4.78 is 0.984. The summed E-state index contributed by atoms with van der Waals surface area (Å²) in [4.78, 5) is 0. The van der Waals surface area contributed by atoms with Crippen molar-refractivity contribution in [3.63, 3.8) is 0 Å². The van der Waals surface area contributed by atoms with Gasteiger partial charge in [0.25, 0.3) is 0 Å². The standard InChI is InChI=1S/C15H16BrClN2/c1-9-4-3-5-12(10(9)2)15(19-18)13-8-11(16)6-7-14(13)17/h3-8,15,19H,18H2,1-2H3.